The molecule has 0 saturated carbocycles. The molecule has 302 valence electrons. The van der Waals surface area contributed by atoms with E-state index in [0.717, 1.165) is 22.8 Å². The number of para-hydroxylation sites is 1. The van der Waals surface area contributed by atoms with Crippen LogP contribution in [0, 0.1) is 41.5 Å². The van der Waals surface area contributed by atoms with E-state index in [1.54, 1.807) is 53.8 Å². The summed E-state index contributed by atoms with van der Waals surface area (Å²) in [6.45, 7) is 16.9. The summed E-state index contributed by atoms with van der Waals surface area (Å²) in [5.74, 6) is 0. The minimum atomic E-state index is 0.972. The normalized spacial score (nSPS) is 12.5. The summed E-state index contributed by atoms with van der Waals surface area (Å²) in [6.07, 6.45) is 21.9. The number of nitrogens with one attached hydrogen (secondary N) is 3. The van der Waals surface area contributed by atoms with E-state index in [2.05, 4.69) is 115 Å². The molecule has 1 saturated heterocycles. The second kappa shape index (κ2) is 27.3. The highest BCUT2D eigenvalue weighted by Crippen LogP contribution is 2.15. The number of rotatable bonds is 0. The molecule has 3 N–H and O–H groups in total. The van der Waals surface area contributed by atoms with Crippen LogP contribution < -0.4 is 0 Å². The van der Waals surface area contributed by atoms with E-state index in [0.29, 0.717) is 0 Å². The zero-order valence-corrected chi connectivity index (χ0v) is 36.5. The third-order valence-corrected chi connectivity index (χ3v) is 9.88. The molecular formula is C46H60N8OS2. The van der Waals surface area contributed by atoms with Crippen LogP contribution in [-0.4, -0.2) is 60.9 Å². The van der Waals surface area contributed by atoms with E-state index < -0.39 is 0 Å². The molecule has 0 amide bonds. The first kappa shape index (κ1) is 46.0. The minimum absolute atomic E-state index is 0.972. The molecule has 57 heavy (non-hydrogen) atoms. The third kappa shape index (κ3) is 19.9. The number of fused-ring (bicyclic) bond motifs is 2. The molecule has 8 aromatic rings. The molecule has 0 bridgehead atoms. The first-order valence-electron chi connectivity index (χ1n) is 19.2. The summed E-state index contributed by atoms with van der Waals surface area (Å²) in [7, 11) is 2.19. The molecule has 0 spiro atoms. The van der Waals surface area contributed by atoms with Crippen molar-refractivity contribution in [2.24, 2.45) is 4.99 Å². The van der Waals surface area contributed by atoms with E-state index in [9.17, 15) is 0 Å². The molecule has 0 atom stereocenters. The largest absolute Gasteiger partial charge is 0.472 e. The number of pyridine rings is 1. The predicted octanol–water partition coefficient (Wildman–Crippen LogP) is 12.6. The number of H-pyrrole nitrogens is 3. The lowest BCUT2D eigenvalue weighted by molar-refractivity contribution is 0.277. The minimum Gasteiger partial charge on any atom is -0.472 e. The molecule has 0 unspecified atom stereocenters. The second-order valence-electron chi connectivity index (χ2n) is 13.6. The number of nitrogens with zero attached hydrogens (tertiary/aromatic N) is 5. The van der Waals surface area contributed by atoms with Crippen molar-refractivity contribution in [1.82, 2.24) is 35.0 Å². The number of allylic oxidation sites excluding steroid dienone is 1. The number of likely N-dealkylation sites (tertiary alicyclic amines) is 1. The van der Waals surface area contributed by atoms with Crippen molar-refractivity contribution in [3.8, 4) is 0 Å². The first-order chi connectivity index (χ1) is 27.6. The lowest BCUT2D eigenvalue weighted by atomic mass is 10.1. The Morgan fingerprint density at radius 3 is 1.88 bits per heavy atom. The van der Waals surface area contributed by atoms with Crippen LogP contribution in [0.25, 0.3) is 21.9 Å². The van der Waals surface area contributed by atoms with Gasteiger partial charge in [-0.3, -0.25) is 15.1 Å². The average Bonchev–Trinajstić information content (AvgIpc) is 4.08. The summed E-state index contributed by atoms with van der Waals surface area (Å²) in [4.78, 5) is 20.7. The molecule has 7 aromatic heterocycles. The molecule has 1 fully saturated rings. The maximum Gasteiger partial charge on any atom is 0.137 e. The Kier molecular flexibility index (Phi) is 22.0. The van der Waals surface area contributed by atoms with Crippen LogP contribution in [-0.2, 0) is 0 Å². The van der Waals surface area contributed by atoms with Gasteiger partial charge in [-0.2, -0.15) is 16.4 Å². The topological polar surface area (TPSA) is 115 Å². The lowest BCUT2D eigenvalue weighted by Crippen LogP contribution is -2.24. The Labute approximate surface area is 347 Å². The fraction of sp³-hybridized carbons (Fsp3) is 0.304. The van der Waals surface area contributed by atoms with Gasteiger partial charge in [0.15, 0.2) is 0 Å². The SMILES string of the molecule is CC1=NC=CC1.CN1CCCCC1.Cc1c[nH]c2ccccc12.Cc1c[nH]c2ncccc12.Cc1ccn[nH]1.Cc1ccoc1.Cc1ccsc1.Cc1nccs1. The summed E-state index contributed by atoms with van der Waals surface area (Å²) in [6, 6.07) is 18.3. The van der Waals surface area contributed by atoms with Crippen molar-refractivity contribution in [3.05, 3.63) is 159 Å². The van der Waals surface area contributed by atoms with Crippen molar-refractivity contribution in [2.75, 3.05) is 20.1 Å². The monoisotopic (exact) mass is 804 g/mol. The van der Waals surface area contributed by atoms with Crippen LogP contribution in [0.15, 0.2) is 136 Å². The molecule has 10 rings (SSSR count). The fourth-order valence-corrected chi connectivity index (χ4v) is 6.21. The van der Waals surface area contributed by atoms with Crippen LogP contribution in [0.3, 0.4) is 0 Å². The van der Waals surface area contributed by atoms with Crippen molar-refractivity contribution in [2.45, 2.75) is 74.1 Å². The van der Waals surface area contributed by atoms with Gasteiger partial charge in [0.2, 0.25) is 0 Å². The van der Waals surface area contributed by atoms with Gasteiger partial charge in [0, 0.05) is 76.7 Å². The van der Waals surface area contributed by atoms with E-state index in [1.807, 2.05) is 75.9 Å². The Bertz CT molecular complexity index is 1990. The molecule has 9 heterocycles. The third-order valence-electron chi connectivity index (χ3n) is 8.37. The van der Waals surface area contributed by atoms with Gasteiger partial charge in [-0.1, -0.05) is 30.7 Å². The maximum atomic E-state index is 4.71. The van der Waals surface area contributed by atoms with Gasteiger partial charge in [0.1, 0.15) is 5.65 Å². The number of furan rings is 1. The zero-order valence-electron chi connectivity index (χ0n) is 34.8. The van der Waals surface area contributed by atoms with E-state index in [4.69, 9.17) is 4.42 Å². The summed E-state index contributed by atoms with van der Waals surface area (Å²) in [5.41, 5.74) is 9.62. The number of aromatic nitrogens is 6. The molecular weight excluding hydrogens is 745 g/mol. The van der Waals surface area contributed by atoms with Crippen LogP contribution in [0.4, 0.5) is 0 Å². The van der Waals surface area contributed by atoms with Gasteiger partial charge in [0.05, 0.1) is 17.5 Å². The number of piperidine rings is 1. The van der Waals surface area contributed by atoms with Gasteiger partial charge in [0.25, 0.3) is 0 Å². The molecule has 0 radical (unpaired) electrons. The maximum absolute atomic E-state index is 4.71. The number of aromatic amines is 3. The van der Waals surface area contributed by atoms with Crippen molar-refractivity contribution in [1.29, 1.82) is 0 Å². The molecule has 0 aliphatic carbocycles. The van der Waals surface area contributed by atoms with Crippen molar-refractivity contribution >= 4 is 50.3 Å². The van der Waals surface area contributed by atoms with Gasteiger partial charge in [-0.25, -0.2) is 4.98 Å². The molecule has 11 heteroatoms. The Morgan fingerprint density at radius 2 is 1.47 bits per heavy atom. The molecule has 2 aliphatic heterocycles. The highest BCUT2D eigenvalue weighted by molar-refractivity contribution is 7.09. The van der Waals surface area contributed by atoms with Gasteiger partial charge in [-0.15, -0.1) is 11.3 Å². The number of hydrogen-bond acceptors (Lipinski definition) is 8. The number of hydrogen-bond donors (Lipinski definition) is 3. The first-order valence-corrected chi connectivity index (χ1v) is 21.0. The Hall–Kier alpha value is -5.36. The highest BCUT2D eigenvalue weighted by atomic mass is 32.1. The zero-order chi connectivity index (χ0) is 41.1. The average molecular weight is 805 g/mol. The highest BCUT2D eigenvalue weighted by Gasteiger charge is 2.02. The summed E-state index contributed by atoms with van der Waals surface area (Å²) in [5, 5.41) is 16.3. The van der Waals surface area contributed by atoms with Gasteiger partial charge >= 0.3 is 0 Å². The van der Waals surface area contributed by atoms with Crippen LogP contribution in [0.1, 0.15) is 65.6 Å². The van der Waals surface area contributed by atoms with Gasteiger partial charge < -0.3 is 19.3 Å². The number of aryl methyl sites for hydroxylation is 6. The number of benzene rings is 1. The predicted molar refractivity (Wildman–Crippen MR) is 245 cm³/mol. The molecule has 2 aliphatic rings. The number of thiophene rings is 1. The summed E-state index contributed by atoms with van der Waals surface area (Å²) < 4.78 is 4.71. The van der Waals surface area contributed by atoms with Crippen LogP contribution in [0.5, 0.6) is 0 Å². The fourth-order valence-electron chi connectivity index (χ4n) is 5.10. The second-order valence-corrected chi connectivity index (χ2v) is 15.5. The van der Waals surface area contributed by atoms with Crippen molar-refractivity contribution in [3.63, 3.8) is 0 Å². The molecule has 1 aromatic carbocycles. The smallest absolute Gasteiger partial charge is 0.137 e. The van der Waals surface area contributed by atoms with E-state index in [1.165, 1.54) is 76.6 Å². The standard InChI is InChI=1S/C9H9N.C8H8N2.C6H13N.C5H7N.C5H6O.C5H6S.C4H6N2.C4H5NS/c1-7-6-10-9-5-3-2-4-8(7)9;1-6-5-10-8-7(6)3-2-4-9-8;1-7-5-3-2-4-6-7;1-5-3-2-4-6-5;2*1-5-2-3-6-4-5;1-4-2-3-5-6-4;1-4-5-2-3-6-4/h2-6,10H,1H3;2-5H,1H3,(H,9,10);2-6H2,1H3;2,4H,3H2,1H3;2*2-4H,1H3;2-3H,1H3,(H,5,6);2-3H,1H3. The number of thiazole rings is 1. The van der Waals surface area contributed by atoms with Crippen LogP contribution in [0.2, 0.25) is 0 Å². The van der Waals surface area contributed by atoms with E-state index >= 15 is 0 Å². The van der Waals surface area contributed by atoms with Gasteiger partial charge in [-0.05, 0) is 151 Å². The quantitative estimate of drug-likeness (QED) is 0.141. The van der Waals surface area contributed by atoms with Crippen molar-refractivity contribution < 1.29 is 4.42 Å². The lowest BCUT2D eigenvalue weighted by Gasteiger charge is -2.20. The van der Waals surface area contributed by atoms with E-state index in [-0.39, 0.29) is 0 Å². The number of aliphatic imine (C=N–C) groups is 1. The Morgan fingerprint density at radius 1 is 0.719 bits per heavy atom. The molecule has 9 nitrogen and oxygen atoms in total. The summed E-state index contributed by atoms with van der Waals surface area (Å²) >= 11 is 3.41. The Balaban J connectivity index is 0.000000176. The van der Waals surface area contributed by atoms with Crippen LogP contribution >= 0.6 is 22.7 Å².